The van der Waals surface area contributed by atoms with Crippen LogP contribution in [0, 0.1) is 0 Å². The largest absolute Gasteiger partial charge is 0.316 e. The van der Waals surface area contributed by atoms with Crippen molar-refractivity contribution in [3.8, 4) is 0 Å². The molecule has 0 aliphatic rings. The van der Waals surface area contributed by atoms with E-state index in [9.17, 15) is 0 Å². The second-order valence-electron chi connectivity index (χ2n) is 4.42. The third kappa shape index (κ3) is 3.93. The molecule has 1 aromatic heterocycles. The average molecular weight is 295 g/mol. The zero-order chi connectivity index (χ0) is 13.7. The quantitative estimate of drug-likeness (QED) is 0.908. The van der Waals surface area contributed by atoms with Crippen molar-refractivity contribution in [2.45, 2.75) is 18.9 Å². The van der Waals surface area contributed by atoms with Gasteiger partial charge in [-0.15, -0.1) is 0 Å². The summed E-state index contributed by atoms with van der Waals surface area (Å²) in [6.07, 6.45) is 3.44. The SMILES string of the molecule is CNC(Cc1ccccn1)Cc1c(Cl)cccc1Cl. The number of aromatic nitrogens is 1. The molecule has 1 aromatic carbocycles. The molecule has 0 aliphatic carbocycles. The van der Waals surface area contributed by atoms with Crippen molar-refractivity contribution in [3.63, 3.8) is 0 Å². The fourth-order valence-electron chi connectivity index (χ4n) is 2.02. The van der Waals surface area contributed by atoms with Gasteiger partial charge in [0.1, 0.15) is 0 Å². The predicted molar refractivity (Wildman–Crippen MR) is 81.0 cm³/mol. The normalized spacial score (nSPS) is 12.4. The molecule has 0 fully saturated rings. The monoisotopic (exact) mass is 294 g/mol. The van der Waals surface area contributed by atoms with Crippen molar-refractivity contribution in [1.82, 2.24) is 10.3 Å². The van der Waals surface area contributed by atoms with Crippen molar-refractivity contribution in [2.24, 2.45) is 0 Å². The maximum absolute atomic E-state index is 6.21. The van der Waals surface area contributed by atoms with Crippen LogP contribution in [0.1, 0.15) is 11.3 Å². The van der Waals surface area contributed by atoms with Crippen LogP contribution in [0.4, 0.5) is 0 Å². The van der Waals surface area contributed by atoms with Gasteiger partial charge in [-0.2, -0.15) is 0 Å². The topological polar surface area (TPSA) is 24.9 Å². The first-order valence-electron chi connectivity index (χ1n) is 6.20. The number of nitrogens with one attached hydrogen (secondary N) is 1. The van der Waals surface area contributed by atoms with E-state index >= 15 is 0 Å². The summed E-state index contributed by atoms with van der Waals surface area (Å²) in [4.78, 5) is 4.35. The molecular formula is C15H16Cl2N2. The van der Waals surface area contributed by atoms with Gasteiger partial charge in [0.2, 0.25) is 0 Å². The van der Waals surface area contributed by atoms with E-state index < -0.39 is 0 Å². The van der Waals surface area contributed by atoms with Crippen LogP contribution < -0.4 is 5.32 Å². The molecule has 2 rings (SSSR count). The zero-order valence-corrected chi connectivity index (χ0v) is 12.2. The number of hydrogen-bond acceptors (Lipinski definition) is 2. The van der Waals surface area contributed by atoms with Crippen LogP contribution in [0.15, 0.2) is 42.6 Å². The van der Waals surface area contributed by atoms with Crippen molar-refractivity contribution < 1.29 is 0 Å². The van der Waals surface area contributed by atoms with Gasteiger partial charge in [-0.1, -0.05) is 35.3 Å². The van der Waals surface area contributed by atoms with Gasteiger partial charge >= 0.3 is 0 Å². The molecule has 19 heavy (non-hydrogen) atoms. The van der Waals surface area contributed by atoms with Gasteiger partial charge in [0.05, 0.1) is 0 Å². The molecule has 0 saturated heterocycles. The Balaban J connectivity index is 2.11. The van der Waals surface area contributed by atoms with Crippen LogP contribution in [0.3, 0.4) is 0 Å². The lowest BCUT2D eigenvalue weighted by Gasteiger charge is -2.17. The summed E-state index contributed by atoms with van der Waals surface area (Å²) in [5.74, 6) is 0. The van der Waals surface area contributed by atoms with Gasteiger partial charge in [-0.3, -0.25) is 4.98 Å². The van der Waals surface area contributed by atoms with Crippen LogP contribution in [-0.4, -0.2) is 18.1 Å². The molecular weight excluding hydrogens is 279 g/mol. The molecule has 0 saturated carbocycles. The smallest absolute Gasteiger partial charge is 0.0453 e. The Morgan fingerprint density at radius 1 is 1.05 bits per heavy atom. The number of benzene rings is 1. The van der Waals surface area contributed by atoms with Crippen molar-refractivity contribution in [2.75, 3.05) is 7.05 Å². The number of nitrogens with zero attached hydrogens (tertiary/aromatic N) is 1. The molecule has 0 aliphatic heterocycles. The number of hydrogen-bond donors (Lipinski definition) is 1. The third-order valence-corrected chi connectivity index (χ3v) is 3.81. The number of pyridine rings is 1. The van der Waals surface area contributed by atoms with E-state index in [4.69, 9.17) is 23.2 Å². The number of rotatable bonds is 5. The molecule has 1 N–H and O–H groups in total. The molecule has 0 radical (unpaired) electrons. The summed E-state index contributed by atoms with van der Waals surface area (Å²) in [6.45, 7) is 0. The van der Waals surface area contributed by atoms with E-state index in [0.29, 0.717) is 10.0 Å². The Morgan fingerprint density at radius 3 is 2.37 bits per heavy atom. The van der Waals surface area contributed by atoms with Crippen LogP contribution >= 0.6 is 23.2 Å². The lowest BCUT2D eigenvalue weighted by Crippen LogP contribution is -2.30. The standard InChI is InChI=1S/C15H16Cl2N2/c1-18-12(9-11-5-2-3-8-19-11)10-13-14(16)6-4-7-15(13)17/h2-8,12,18H,9-10H2,1H3. The van der Waals surface area contributed by atoms with Gasteiger partial charge in [0.25, 0.3) is 0 Å². The van der Waals surface area contributed by atoms with Crippen LogP contribution in [0.25, 0.3) is 0 Å². The van der Waals surface area contributed by atoms with E-state index in [-0.39, 0.29) is 6.04 Å². The fraction of sp³-hybridized carbons (Fsp3) is 0.267. The van der Waals surface area contributed by atoms with Crippen LogP contribution in [-0.2, 0) is 12.8 Å². The van der Waals surface area contributed by atoms with Gasteiger partial charge in [0, 0.05) is 34.4 Å². The highest BCUT2D eigenvalue weighted by molar-refractivity contribution is 6.36. The molecule has 1 heterocycles. The first-order chi connectivity index (χ1) is 9.20. The van der Waals surface area contributed by atoms with Crippen molar-refractivity contribution in [3.05, 3.63) is 63.9 Å². The van der Waals surface area contributed by atoms with E-state index in [1.807, 2.05) is 49.6 Å². The first-order valence-corrected chi connectivity index (χ1v) is 6.96. The minimum atomic E-state index is 0.257. The van der Waals surface area contributed by atoms with Gasteiger partial charge < -0.3 is 5.32 Å². The average Bonchev–Trinajstić information content (AvgIpc) is 2.43. The number of likely N-dealkylation sites (N-methyl/N-ethyl adjacent to an activating group) is 1. The second-order valence-corrected chi connectivity index (χ2v) is 5.23. The lowest BCUT2D eigenvalue weighted by atomic mass is 10.0. The summed E-state index contributed by atoms with van der Waals surface area (Å²) in [5, 5.41) is 4.73. The maximum Gasteiger partial charge on any atom is 0.0453 e. The minimum absolute atomic E-state index is 0.257. The molecule has 100 valence electrons. The highest BCUT2D eigenvalue weighted by Gasteiger charge is 2.13. The zero-order valence-electron chi connectivity index (χ0n) is 10.7. The minimum Gasteiger partial charge on any atom is -0.316 e. The molecule has 2 nitrogen and oxygen atoms in total. The van der Waals surface area contributed by atoms with Gasteiger partial charge in [-0.05, 0) is 43.3 Å². The summed E-state index contributed by atoms with van der Waals surface area (Å²) in [7, 11) is 1.94. The van der Waals surface area contributed by atoms with Gasteiger partial charge in [-0.25, -0.2) is 0 Å². The van der Waals surface area contributed by atoms with Gasteiger partial charge in [0.15, 0.2) is 0 Å². The van der Waals surface area contributed by atoms with Crippen molar-refractivity contribution >= 4 is 23.2 Å². The summed E-state index contributed by atoms with van der Waals surface area (Å²) in [5.41, 5.74) is 2.05. The molecule has 1 unspecified atom stereocenters. The number of halogens is 2. The third-order valence-electron chi connectivity index (χ3n) is 3.10. The molecule has 0 spiro atoms. The fourth-order valence-corrected chi connectivity index (χ4v) is 2.57. The van der Waals surface area contributed by atoms with Crippen LogP contribution in [0.5, 0.6) is 0 Å². The molecule has 2 aromatic rings. The molecule has 0 bridgehead atoms. The Kier molecular flexibility index (Phi) is 5.20. The highest BCUT2D eigenvalue weighted by Crippen LogP contribution is 2.25. The summed E-state index contributed by atoms with van der Waals surface area (Å²) < 4.78 is 0. The molecule has 4 heteroatoms. The Bertz CT molecular complexity index is 509. The Morgan fingerprint density at radius 2 is 1.79 bits per heavy atom. The Labute approximate surface area is 123 Å². The highest BCUT2D eigenvalue weighted by atomic mass is 35.5. The Hall–Kier alpha value is -1.09. The van der Waals surface area contributed by atoms with E-state index in [1.165, 1.54) is 0 Å². The molecule has 1 atom stereocenters. The van der Waals surface area contributed by atoms with E-state index in [2.05, 4.69) is 10.3 Å². The van der Waals surface area contributed by atoms with Crippen LogP contribution in [0.2, 0.25) is 10.0 Å². The first kappa shape index (κ1) is 14.3. The predicted octanol–water partition coefficient (Wildman–Crippen LogP) is 3.76. The van der Waals surface area contributed by atoms with E-state index in [0.717, 1.165) is 24.1 Å². The maximum atomic E-state index is 6.21. The molecule has 0 amide bonds. The summed E-state index contributed by atoms with van der Waals surface area (Å²) >= 11 is 12.4. The van der Waals surface area contributed by atoms with E-state index in [1.54, 1.807) is 0 Å². The summed E-state index contributed by atoms with van der Waals surface area (Å²) in [6, 6.07) is 11.8. The van der Waals surface area contributed by atoms with Crippen molar-refractivity contribution in [1.29, 1.82) is 0 Å². The second kappa shape index (κ2) is 6.90. The lowest BCUT2D eigenvalue weighted by molar-refractivity contribution is 0.550.